The molecule has 5 rings (SSSR count). The summed E-state index contributed by atoms with van der Waals surface area (Å²) in [7, 11) is 0. The summed E-state index contributed by atoms with van der Waals surface area (Å²) < 4.78 is 8.02. The van der Waals surface area contributed by atoms with Gasteiger partial charge in [0.1, 0.15) is 18.2 Å². The first-order chi connectivity index (χ1) is 15.4. The third-order valence-corrected chi connectivity index (χ3v) is 5.76. The van der Waals surface area contributed by atoms with E-state index >= 15 is 0 Å². The van der Waals surface area contributed by atoms with Crippen molar-refractivity contribution in [1.82, 2.24) is 9.78 Å². The lowest BCUT2D eigenvalue weighted by molar-refractivity contribution is 0.306. The molecular weight excluding hydrogens is 382 g/mol. The van der Waals surface area contributed by atoms with Crippen LogP contribution in [0.15, 0.2) is 84.9 Å². The predicted octanol–water partition coefficient (Wildman–Crippen LogP) is 5.79. The molecule has 1 aliphatic heterocycles. The molecule has 1 aliphatic rings. The van der Waals surface area contributed by atoms with E-state index in [1.807, 2.05) is 30.3 Å². The summed E-state index contributed by atoms with van der Waals surface area (Å²) >= 11 is 0. The van der Waals surface area contributed by atoms with Crippen molar-refractivity contribution in [2.24, 2.45) is 0 Å². The van der Waals surface area contributed by atoms with Crippen LogP contribution in [0.4, 0.5) is 5.82 Å². The lowest BCUT2D eigenvalue weighted by Gasteiger charge is -2.11. The molecule has 31 heavy (non-hydrogen) atoms. The smallest absolute Gasteiger partial charge is 0.133 e. The van der Waals surface area contributed by atoms with E-state index in [1.54, 1.807) is 0 Å². The summed E-state index contributed by atoms with van der Waals surface area (Å²) in [6, 6.07) is 29.1. The summed E-state index contributed by atoms with van der Waals surface area (Å²) in [6.45, 7) is 1.56. The van der Waals surface area contributed by atoms with Crippen LogP contribution in [0.25, 0.3) is 5.69 Å². The highest BCUT2D eigenvalue weighted by atomic mass is 16.5. The minimum atomic E-state index is 0.570. The van der Waals surface area contributed by atoms with Crippen molar-refractivity contribution < 1.29 is 4.74 Å². The number of anilines is 1. The maximum absolute atomic E-state index is 5.95. The molecule has 0 atom stereocenters. The molecule has 0 unspecified atom stereocenters. The maximum atomic E-state index is 5.95. The van der Waals surface area contributed by atoms with Crippen LogP contribution in [-0.2, 0) is 19.4 Å². The Morgan fingerprint density at radius 3 is 2.26 bits per heavy atom. The van der Waals surface area contributed by atoms with E-state index in [1.165, 1.54) is 35.2 Å². The molecule has 0 spiro atoms. The van der Waals surface area contributed by atoms with Gasteiger partial charge >= 0.3 is 0 Å². The quantitative estimate of drug-likeness (QED) is 0.438. The molecule has 2 heterocycles. The van der Waals surface area contributed by atoms with Crippen molar-refractivity contribution in [3.63, 3.8) is 0 Å². The number of fused-ring (bicyclic) bond motifs is 1. The van der Waals surface area contributed by atoms with Crippen LogP contribution in [0, 0.1) is 0 Å². The second kappa shape index (κ2) is 9.09. The lowest BCUT2D eigenvalue weighted by Crippen LogP contribution is -2.07. The first kappa shape index (κ1) is 19.4. The minimum Gasteiger partial charge on any atom is -0.489 e. The van der Waals surface area contributed by atoms with E-state index < -0.39 is 0 Å². The second-order valence-corrected chi connectivity index (χ2v) is 8.00. The second-order valence-electron chi connectivity index (χ2n) is 8.00. The first-order valence-electron chi connectivity index (χ1n) is 11.0. The molecule has 0 radical (unpaired) electrons. The van der Waals surface area contributed by atoms with Crippen LogP contribution in [0.2, 0.25) is 0 Å². The topological polar surface area (TPSA) is 39.1 Å². The SMILES string of the molecule is c1ccc(COc2ccc(-n3nc(Cc4ccccc4)c4c3NCCCC4)cc2)cc1. The van der Waals surface area contributed by atoms with Crippen LogP contribution >= 0.6 is 0 Å². The van der Waals surface area contributed by atoms with Gasteiger partial charge in [0, 0.05) is 18.5 Å². The number of rotatable bonds is 6. The zero-order valence-corrected chi connectivity index (χ0v) is 17.6. The Bertz CT molecular complexity index is 1120. The average molecular weight is 410 g/mol. The highest BCUT2D eigenvalue weighted by molar-refractivity contribution is 5.55. The minimum absolute atomic E-state index is 0.570. The van der Waals surface area contributed by atoms with E-state index in [0.29, 0.717) is 6.61 Å². The number of hydrogen-bond acceptors (Lipinski definition) is 3. The summed E-state index contributed by atoms with van der Waals surface area (Å²) in [5.74, 6) is 2.00. The maximum Gasteiger partial charge on any atom is 0.133 e. The van der Waals surface area contributed by atoms with Gasteiger partial charge in [0.05, 0.1) is 11.4 Å². The van der Waals surface area contributed by atoms with Crippen molar-refractivity contribution >= 4 is 5.82 Å². The molecule has 0 bridgehead atoms. The number of benzene rings is 3. The molecule has 4 nitrogen and oxygen atoms in total. The fraction of sp³-hybridized carbons (Fsp3) is 0.222. The summed E-state index contributed by atoms with van der Waals surface area (Å²) in [6.07, 6.45) is 4.31. The zero-order chi connectivity index (χ0) is 20.9. The fourth-order valence-electron chi connectivity index (χ4n) is 4.12. The Kier molecular flexibility index (Phi) is 5.70. The van der Waals surface area contributed by atoms with Crippen molar-refractivity contribution in [3.8, 4) is 11.4 Å². The van der Waals surface area contributed by atoms with E-state index in [9.17, 15) is 0 Å². The van der Waals surface area contributed by atoms with Crippen molar-refractivity contribution in [1.29, 1.82) is 0 Å². The fourth-order valence-corrected chi connectivity index (χ4v) is 4.12. The Morgan fingerprint density at radius 1 is 0.806 bits per heavy atom. The summed E-state index contributed by atoms with van der Waals surface area (Å²) in [5.41, 5.74) is 6.03. The van der Waals surface area contributed by atoms with Gasteiger partial charge in [0.2, 0.25) is 0 Å². The molecule has 3 aromatic carbocycles. The molecule has 0 fully saturated rings. The molecule has 1 N–H and O–H groups in total. The molecule has 1 aromatic heterocycles. The monoisotopic (exact) mass is 409 g/mol. The van der Waals surface area contributed by atoms with Crippen LogP contribution in [0.1, 0.15) is 35.2 Å². The predicted molar refractivity (Wildman–Crippen MR) is 125 cm³/mol. The third-order valence-electron chi connectivity index (χ3n) is 5.76. The largest absolute Gasteiger partial charge is 0.489 e. The molecule has 4 aromatic rings. The summed E-state index contributed by atoms with van der Waals surface area (Å²) in [5, 5.41) is 8.66. The van der Waals surface area contributed by atoms with Gasteiger partial charge in [-0.15, -0.1) is 0 Å². The van der Waals surface area contributed by atoms with E-state index in [0.717, 1.165) is 36.6 Å². The Hall–Kier alpha value is -3.53. The van der Waals surface area contributed by atoms with Gasteiger partial charge in [-0.2, -0.15) is 5.10 Å². The van der Waals surface area contributed by atoms with Crippen LogP contribution in [0.5, 0.6) is 5.75 Å². The third kappa shape index (κ3) is 4.48. The number of ether oxygens (including phenoxy) is 1. The van der Waals surface area contributed by atoms with Gasteiger partial charge < -0.3 is 10.1 Å². The molecule has 0 aliphatic carbocycles. The Balaban J connectivity index is 1.40. The Morgan fingerprint density at radius 2 is 1.52 bits per heavy atom. The molecule has 4 heteroatoms. The van der Waals surface area contributed by atoms with E-state index in [4.69, 9.17) is 9.84 Å². The molecule has 0 saturated carbocycles. The number of nitrogens with one attached hydrogen (secondary N) is 1. The molecule has 0 amide bonds. The first-order valence-corrected chi connectivity index (χ1v) is 11.0. The van der Waals surface area contributed by atoms with Crippen LogP contribution in [0.3, 0.4) is 0 Å². The number of nitrogens with zero attached hydrogens (tertiary/aromatic N) is 2. The molecule has 0 saturated heterocycles. The standard InChI is InChI=1S/C27H27N3O/c1-3-9-21(10-4-1)19-26-25-13-7-8-18-28-27(25)30(29-26)23-14-16-24(17-15-23)31-20-22-11-5-2-6-12-22/h1-6,9-12,14-17,28H,7-8,13,18-20H2. The van der Waals surface area contributed by atoms with Crippen LogP contribution < -0.4 is 10.1 Å². The van der Waals surface area contributed by atoms with Crippen molar-refractivity contribution in [2.75, 3.05) is 11.9 Å². The van der Waals surface area contributed by atoms with Gasteiger partial charge in [-0.25, -0.2) is 4.68 Å². The average Bonchev–Trinajstić information content (AvgIpc) is 2.99. The zero-order valence-electron chi connectivity index (χ0n) is 17.6. The summed E-state index contributed by atoms with van der Waals surface area (Å²) in [4.78, 5) is 0. The van der Waals surface area contributed by atoms with E-state index in [2.05, 4.69) is 64.6 Å². The molecular formula is C27H27N3O. The van der Waals surface area contributed by atoms with Gasteiger partial charge in [0.25, 0.3) is 0 Å². The van der Waals surface area contributed by atoms with Crippen LogP contribution in [-0.4, -0.2) is 16.3 Å². The van der Waals surface area contributed by atoms with Gasteiger partial charge in [-0.05, 0) is 54.7 Å². The lowest BCUT2D eigenvalue weighted by atomic mass is 10.0. The van der Waals surface area contributed by atoms with E-state index in [-0.39, 0.29) is 0 Å². The van der Waals surface area contributed by atoms with Crippen molar-refractivity contribution in [2.45, 2.75) is 32.3 Å². The van der Waals surface area contributed by atoms with Gasteiger partial charge in [-0.1, -0.05) is 60.7 Å². The van der Waals surface area contributed by atoms with Gasteiger partial charge in [0.15, 0.2) is 0 Å². The number of hydrogen-bond donors (Lipinski definition) is 1. The highest BCUT2D eigenvalue weighted by Gasteiger charge is 2.20. The molecule has 156 valence electrons. The van der Waals surface area contributed by atoms with Crippen molar-refractivity contribution in [3.05, 3.63) is 107 Å². The normalized spacial score (nSPS) is 13.2. The van der Waals surface area contributed by atoms with Gasteiger partial charge in [-0.3, -0.25) is 0 Å². The Labute approximate surface area is 183 Å². The highest BCUT2D eigenvalue weighted by Crippen LogP contribution is 2.30. The number of aromatic nitrogens is 2.